The lowest BCUT2D eigenvalue weighted by Crippen LogP contribution is -2.23. The molecular weight excluding hydrogens is 251 g/mol. The van der Waals surface area contributed by atoms with Gasteiger partial charge in [0.1, 0.15) is 5.82 Å². The molecule has 0 aliphatic rings. The van der Waals surface area contributed by atoms with Gasteiger partial charge in [-0.2, -0.15) is 0 Å². The standard InChI is InChI=1S/C13H13FN2OS/c1-8-5-10(14)3-4-12(8)13(17)16-7-11-6-15-9(2)18-11/h3-6H,7H2,1-2H3,(H,16,17). The minimum Gasteiger partial charge on any atom is -0.347 e. The fraction of sp³-hybridized carbons (Fsp3) is 0.231. The van der Waals surface area contributed by atoms with Crippen LogP contribution in [0, 0.1) is 19.7 Å². The Bertz CT molecular complexity index is 580. The number of aromatic nitrogens is 1. The van der Waals surface area contributed by atoms with Gasteiger partial charge in [0.2, 0.25) is 0 Å². The fourth-order valence-corrected chi connectivity index (χ4v) is 2.37. The summed E-state index contributed by atoms with van der Waals surface area (Å²) in [6.07, 6.45) is 1.75. The molecule has 0 bridgehead atoms. The third-order valence-electron chi connectivity index (χ3n) is 2.53. The third-order valence-corrected chi connectivity index (χ3v) is 3.44. The largest absolute Gasteiger partial charge is 0.347 e. The van der Waals surface area contributed by atoms with E-state index in [-0.39, 0.29) is 11.7 Å². The monoisotopic (exact) mass is 264 g/mol. The van der Waals surface area contributed by atoms with E-state index < -0.39 is 0 Å². The van der Waals surface area contributed by atoms with Crippen LogP contribution in [0.25, 0.3) is 0 Å². The van der Waals surface area contributed by atoms with Gasteiger partial charge >= 0.3 is 0 Å². The first kappa shape index (κ1) is 12.7. The van der Waals surface area contributed by atoms with Gasteiger partial charge in [0.15, 0.2) is 0 Å². The number of carbonyl (C=O) groups excluding carboxylic acids is 1. The molecule has 0 spiro atoms. The molecule has 5 heteroatoms. The highest BCUT2D eigenvalue weighted by Crippen LogP contribution is 2.13. The van der Waals surface area contributed by atoms with Crippen LogP contribution in [0.3, 0.4) is 0 Å². The molecule has 0 aliphatic carbocycles. The van der Waals surface area contributed by atoms with Crippen molar-refractivity contribution in [1.82, 2.24) is 10.3 Å². The number of amides is 1. The first-order valence-corrected chi connectivity index (χ1v) is 6.33. The van der Waals surface area contributed by atoms with E-state index in [9.17, 15) is 9.18 Å². The van der Waals surface area contributed by atoms with Crippen LogP contribution in [-0.4, -0.2) is 10.9 Å². The lowest BCUT2D eigenvalue weighted by Gasteiger charge is -2.06. The van der Waals surface area contributed by atoms with E-state index in [0.717, 1.165) is 9.88 Å². The summed E-state index contributed by atoms with van der Waals surface area (Å²) in [6.45, 7) is 4.08. The van der Waals surface area contributed by atoms with Gasteiger partial charge in [-0.15, -0.1) is 11.3 Å². The van der Waals surface area contributed by atoms with Crippen LogP contribution in [0.15, 0.2) is 24.4 Å². The normalized spacial score (nSPS) is 10.4. The molecule has 18 heavy (non-hydrogen) atoms. The summed E-state index contributed by atoms with van der Waals surface area (Å²) in [4.78, 5) is 17.0. The summed E-state index contributed by atoms with van der Waals surface area (Å²) in [5.74, 6) is -0.527. The fourth-order valence-electron chi connectivity index (χ4n) is 1.63. The van der Waals surface area contributed by atoms with Crippen molar-refractivity contribution < 1.29 is 9.18 Å². The molecule has 1 amide bonds. The van der Waals surface area contributed by atoms with Crippen LogP contribution in [0.2, 0.25) is 0 Å². The number of hydrogen-bond acceptors (Lipinski definition) is 3. The molecule has 0 fully saturated rings. The molecule has 3 nitrogen and oxygen atoms in total. The van der Waals surface area contributed by atoms with E-state index in [4.69, 9.17) is 0 Å². The van der Waals surface area contributed by atoms with E-state index >= 15 is 0 Å². The van der Waals surface area contributed by atoms with Crippen molar-refractivity contribution in [3.05, 3.63) is 51.2 Å². The Morgan fingerprint density at radius 2 is 2.22 bits per heavy atom. The van der Waals surface area contributed by atoms with Crippen LogP contribution in [0.5, 0.6) is 0 Å². The molecule has 0 atom stereocenters. The van der Waals surface area contributed by atoms with Crippen molar-refractivity contribution >= 4 is 17.2 Å². The van der Waals surface area contributed by atoms with E-state index in [2.05, 4.69) is 10.3 Å². The minimum absolute atomic E-state index is 0.196. The van der Waals surface area contributed by atoms with Gasteiger partial charge in [-0.25, -0.2) is 9.37 Å². The highest BCUT2D eigenvalue weighted by Gasteiger charge is 2.09. The van der Waals surface area contributed by atoms with Crippen LogP contribution in [0.4, 0.5) is 4.39 Å². The average Bonchev–Trinajstić information content (AvgIpc) is 2.72. The number of aryl methyl sites for hydroxylation is 2. The maximum atomic E-state index is 12.9. The smallest absolute Gasteiger partial charge is 0.251 e. The summed E-state index contributed by atoms with van der Waals surface area (Å²) < 4.78 is 12.9. The number of nitrogens with zero attached hydrogens (tertiary/aromatic N) is 1. The average molecular weight is 264 g/mol. The molecule has 1 heterocycles. The quantitative estimate of drug-likeness (QED) is 0.926. The van der Waals surface area contributed by atoms with Gasteiger partial charge in [0.25, 0.3) is 5.91 Å². The lowest BCUT2D eigenvalue weighted by molar-refractivity contribution is 0.0950. The predicted molar refractivity (Wildman–Crippen MR) is 69.2 cm³/mol. The van der Waals surface area contributed by atoms with Crippen LogP contribution in [-0.2, 0) is 6.54 Å². The summed E-state index contributed by atoms with van der Waals surface area (Å²) >= 11 is 1.55. The zero-order valence-corrected chi connectivity index (χ0v) is 11.0. The van der Waals surface area contributed by atoms with Crippen molar-refractivity contribution in [2.24, 2.45) is 0 Å². The zero-order chi connectivity index (χ0) is 13.1. The molecule has 0 aliphatic heterocycles. The Hall–Kier alpha value is -1.75. The second kappa shape index (κ2) is 5.27. The lowest BCUT2D eigenvalue weighted by atomic mass is 10.1. The maximum absolute atomic E-state index is 12.9. The first-order chi connectivity index (χ1) is 8.56. The predicted octanol–water partition coefficient (Wildman–Crippen LogP) is 2.83. The molecule has 2 aromatic rings. The number of carbonyl (C=O) groups is 1. The molecule has 0 saturated heterocycles. The molecule has 2 rings (SSSR count). The first-order valence-electron chi connectivity index (χ1n) is 5.52. The molecule has 0 saturated carbocycles. The van der Waals surface area contributed by atoms with Crippen molar-refractivity contribution in [3.63, 3.8) is 0 Å². The van der Waals surface area contributed by atoms with Crippen LogP contribution in [0.1, 0.15) is 25.8 Å². The SMILES string of the molecule is Cc1ncc(CNC(=O)c2ccc(F)cc2C)s1. The summed E-state index contributed by atoms with van der Waals surface area (Å²) in [7, 11) is 0. The summed E-state index contributed by atoms with van der Waals surface area (Å²) in [6, 6.07) is 4.14. The van der Waals surface area contributed by atoms with Crippen molar-refractivity contribution in [2.75, 3.05) is 0 Å². The summed E-state index contributed by atoms with van der Waals surface area (Å²) in [5, 5.41) is 3.77. The Labute approximate surface area is 109 Å². The topological polar surface area (TPSA) is 42.0 Å². The van der Waals surface area contributed by atoms with Crippen molar-refractivity contribution in [2.45, 2.75) is 20.4 Å². The van der Waals surface area contributed by atoms with E-state index in [0.29, 0.717) is 17.7 Å². The second-order valence-electron chi connectivity index (χ2n) is 3.99. The van der Waals surface area contributed by atoms with Gasteiger partial charge in [-0.1, -0.05) is 0 Å². The van der Waals surface area contributed by atoms with Gasteiger partial charge < -0.3 is 5.32 Å². The molecule has 1 aromatic carbocycles. The number of rotatable bonds is 3. The number of benzene rings is 1. The third kappa shape index (κ3) is 2.92. The van der Waals surface area contributed by atoms with E-state index in [1.54, 1.807) is 24.5 Å². The van der Waals surface area contributed by atoms with Crippen molar-refractivity contribution in [3.8, 4) is 0 Å². The van der Waals surface area contributed by atoms with Gasteiger partial charge in [0.05, 0.1) is 11.6 Å². The van der Waals surface area contributed by atoms with Crippen LogP contribution >= 0.6 is 11.3 Å². The maximum Gasteiger partial charge on any atom is 0.251 e. The highest BCUT2D eigenvalue weighted by molar-refractivity contribution is 7.11. The molecular formula is C13H13FN2OS. The number of nitrogens with one attached hydrogen (secondary N) is 1. The molecule has 0 unspecified atom stereocenters. The Balaban J connectivity index is 2.03. The zero-order valence-electron chi connectivity index (χ0n) is 10.2. The minimum atomic E-state index is -0.331. The molecule has 0 radical (unpaired) electrons. The van der Waals surface area contributed by atoms with Crippen molar-refractivity contribution in [1.29, 1.82) is 0 Å². The Morgan fingerprint density at radius 3 is 2.83 bits per heavy atom. The molecule has 1 N–H and O–H groups in total. The Morgan fingerprint density at radius 1 is 1.44 bits per heavy atom. The summed E-state index contributed by atoms with van der Waals surface area (Å²) in [5.41, 5.74) is 1.13. The highest BCUT2D eigenvalue weighted by atomic mass is 32.1. The van der Waals surface area contributed by atoms with E-state index in [1.165, 1.54) is 18.2 Å². The molecule has 1 aromatic heterocycles. The van der Waals surface area contributed by atoms with E-state index in [1.807, 2.05) is 6.92 Å². The second-order valence-corrected chi connectivity index (χ2v) is 5.31. The number of thiazole rings is 1. The van der Waals surface area contributed by atoms with Gasteiger partial charge in [0, 0.05) is 16.6 Å². The molecule has 94 valence electrons. The van der Waals surface area contributed by atoms with Crippen LogP contribution < -0.4 is 5.32 Å². The van der Waals surface area contributed by atoms with Gasteiger partial charge in [-0.05, 0) is 37.6 Å². The number of halogens is 1. The number of hydrogen-bond donors (Lipinski definition) is 1. The van der Waals surface area contributed by atoms with Gasteiger partial charge in [-0.3, -0.25) is 4.79 Å². The Kier molecular flexibility index (Phi) is 3.72.